The summed E-state index contributed by atoms with van der Waals surface area (Å²) in [5, 5.41) is 17.2. The molecule has 60 valence electrons. The first-order chi connectivity index (χ1) is 4.85. The van der Waals surface area contributed by atoms with E-state index < -0.39 is 0 Å². The van der Waals surface area contributed by atoms with Gasteiger partial charge in [0.1, 0.15) is 0 Å². The van der Waals surface area contributed by atoms with Gasteiger partial charge < -0.3 is 10.2 Å². The Hall–Kier alpha value is -0.340. The second kappa shape index (κ2) is 6.78. The van der Waals surface area contributed by atoms with Gasteiger partial charge in [-0.3, -0.25) is 0 Å². The average molecular weight is 144 g/mol. The minimum Gasteiger partial charge on any atom is -0.396 e. The van der Waals surface area contributed by atoms with E-state index in [2.05, 4.69) is 0 Å². The molecular weight excluding hydrogens is 128 g/mol. The molecule has 0 radical (unpaired) electrons. The zero-order chi connectivity index (χ0) is 7.82. The van der Waals surface area contributed by atoms with Crippen molar-refractivity contribution >= 4 is 0 Å². The van der Waals surface area contributed by atoms with E-state index in [9.17, 15) is 0 Å². The van der Waals surface area contributed by atoms with Crippen molar-refractivity contribution in [2.45, 2.75) is 26.2 Å². The number of allylic oxidation sites excluding steroid dienone is 1. The molecule has 0 aromatic rings. The molecule has 0 fully saturated rings. The van der Waals surface area contributed by atoms with Crippen LogP contribution in [-0.4, -0.2) is 23.4 Å². The van der Waals surface area contributed by atoms with Crippen LogP contribution in [0.15, 0.2) is 11.6 Å². The van der Waals surface area contributed by atoms with Crippen LogP contribution < -0.4 is 0 Å². The fourth-order valence-electron chi connectivity index (χ4n) is 0.840. The smallest absolute Gasteiger partial charge is 0.0641 e. The average Bonchev–Trinajstić information content (AvgIpc) is 1.98. The number of hydrogen-bond acceptors (Lipinski definition) is 2. The molecule has 0 bridgehead atoms. The van der Waals surface area contributed by atoms with Crippen LogP contribution in [0.1, 0.15) is 26.2 Å². The zero-order valence-electron chi connectivity index (χ0n) is 6.51. The largest absolute Gasteiger partial charge is 0.396 e. The van der Waals surface area contributed by atoms with Gasteiger partial charge in [-0.15, -0.1) is 0 Å². The molecular formula is C8H16O2. The van der Waals surface area contributed by atoms with E-state index in [1.807, 2.05) is 13.0 Å². The van der Waals surface area contributed by atoms with Crippen molar-refractivity contribution in [2.24, 2.45) is 0 Å². The maximum Gasteiger partial charge on any atom is 0.0641 e. The van der Waals surface area contributed by atoms with E-state index in [0.717, 1.165) is 24.8 Å². The van der Waals surface area contributed by atoms with Crippen molar-refractivity contribution in [3.63, 3.8) is 0 Å². The highest BCUT2D eigenvalue weighted by Gasteiger charge is 1.92. The fraction of sp³-hybridized carbons (Fsp3) is 0.750. The molecule has 0 rings (SSSR count). The standard InChI is InChI=1S/C8H16O2/c1-2-4-8(7-10)5-3-6-9/h4,9-10H,2-3,5-7H2,1H3. The quantitative estimate of drug-likeness (QED) is 0.567. The zero-order valence-corrected chi connectivity index (χ0v) is 6.51. The molecule has 0 heterocycles. The lowest BCUT2D eigenvalue weighted by Gasteiger charge is -2.00. The Labute approximate surface area is 62.2 Å². The molecule has 0 aromatic heterocycles. The van der Waals surface area contributed by atoms with Gasteiger partial charge in [0.2, 0.25) is 0 Å². The summed E-state index contributed by atoms with van der Waals surface area (Å²) in [4.78, 5) is 0. The van der Waals surface area contributed by atoms with Gasteiger partial charge >= 0.3 is 0 Å². The summed E-state index contributed by atoms with van der Waals surface area (Å²) < 4.78 is 0. The van der Waals surface area contributed by atoms with E-state index >= 15 is 0 Å². The van der Waals surface area contributed by atoms with Crippen LogP contribution in [0.3, 0.4) is 0 Å². The minimum atomic E-state index is 0.133. The molecule has 0 unspecified atom stereocenters. The summed E-state index contributed by atoms with van der Waals surface area (Å²) in [6, 6.07) is 0. The minimum absolute atomic E-state index is 0.133. The van der Waals surface area contributed by atoms with E-state index in [1.54, 1.807) is 0 Å². The van der Waals surface area contributed by atoms with Gasteiger partial charge in [0.05, 0.1) is 6.61 Å². The van der Waals surface area contributed by atoms with Crippen LogP contribution in [0.2, 0.25) is 0 Å². The topological polar surface area (TPSA) is 40.5 Å². The Morgan fingerprint density at radius 2 is 2.10 bits per heavy atom. The van der Waals surface area contributed by atoms with Crippen molar-refractivity contribution < 1.29 is 10.2 Å². The second-order valence-corrected chi connectivity index (χ2v) is 2.26. The van der Waals surface area contributed by atoms with Gasteiger partial charge in [-0.25, -0.2) is 0 Å². The van der Waals surface area contributed by atoms with Crippen LogP contribution in [-0.2, 0) is 0 Å². The lowest BCUT2D eigenvalue weighted by atomic mass is 10.1. The lowest BCUT2D eigenvalue weighted by Crippen LogP contribution is -1.92. The van der Waals surface area contributed by atoms with E-state index in [-0.39, 0.29) is 13.2 Å². The SMILES string of the molecule is CCC=C(CO)CCCO. The van der Waals surface area contributed by atoms with Crippen LogP contribution >= 0.6 is 0 Å². The number of rotatable bonds is 5. The third-order valence-electron chi connectivity index (χ3n) is 1.35. The molecule has 0 aliphatic heterocycles. The Bertz CT molecular complexity index is 97.4. The summed E-state index contributed by atoms with van der Waals surface area (Å²) in [5.74, 6) is 0. The molecule has 0 saturated heterocycles. The summed E-state index contributed by atoms with van der Waals surface area (Å²) in [7, 11) is 0. The molecule has 10 heavy (non-hydrogen) atoms. The van der Waals surface area contributed by atoms with Crippen LogP contribution in [0, 0.1) is 0 Å². The highest BCUT2D eigenvalue weighted by atomic mass is 16.3. The van der Waals surface area contributed by atoms with Gasteiger partial charge in [-0.2, -0.15) is 0 Å². The maximum absolute atomic E-state index is 8.73. The van der Waals surface area contributed by atoms with Gasteiger partial charge in [0.25, 0.3) is 0 Å². The molecule has 0 atom stereocenters. The van der Waals surface area contributed by atoms with Gasteiger partial charge in [-0.05, 0) is 24.8 Å². The molecule has 0 amide bonds. The molecule has 2 nitrogen and oxygen atoms in total. The highest BCUT2D eigenvalue weighted by molar-refractivity contribution is 5.01. The summed E-state index contributed by atoms with van der Waals surface area (Å²) in [5.41, 5.74) is 1.04. The first-order valence-electron chi connectivity index (χ1n) is 3.74. The van der Waals surface area contributed by atoms with Gasteiger partial charge in [-0.1, -0.05) is 13.0 Å². The first kappa shape index (κ1) is 9.66. The van der Waals surface area contributed by atoms with Crippen molar-refractivity contribution in [3.8, 4) is 0 Å². The molecule has 0 saturated carbocycles. The van der Waals surface area contributed by atoms with Crippen molar-refractivity contribution in [2.75, 3.05) is 13.2 Å². The van der Waals surface area contributed by atoms with Gasteiger partial charge in [0, 0.05) is 6.61 Å². The predicted molar refractivity (Wildman–Crippen MR) is 41.8 cm³/mol. The molecule has 0 aliphatic carbocycles. The Kier molecular flexibility index (Phi) is 6.55. The van der Waals surface area contributed by atoms with Crippen LogP contribution in [0.5, 0.6) is 0 Å². The van der Waals surface area contributed by atoms with E-state index in [1.165, 1.54) is 0 Å². The van der Waals surface area contributed by atoms with E-state index in [4.69, 9.17) is 10.2 Å². The Morgan fingerprint density at radius 1 is 1.40 bits per heavy atom. The van der Waals surface area contributed by atoms with Crippen molar-refractivity contribution in [1.29, 1.82) is 0 Å². The third kappa shape index (κ3) is 4.53. The molecule has 2 N–H and O–H groups in total. The maximum atomic E-state index is 8.73. The van der Waals surface area contributed by atoms with Crippen LogP contribution in [0.4, 0.5) is 0 Å². The summed E-state index contributed by atoms with van der Waals surface area (Å²) in [6.07, 6.45) is 4.55. The predicted octanol–water partition coefficient (Wildman–Crippen LogP) is 1.09. The number of hydrogen-bond donors (Lipinski definition) is 2. The molecule has 0 spiro atoms. The Morgan fingerprint density at radius 3 is 2.50 bits per heavy atom. The normalized spacial score (nSPS) is 12.1. The number of aliphatic hydroxyl groups is 2. The number of aliphatic hydroxyl groups excluding tert-OH is 2. The fourth-order valence-corrected chi connectivity index (χ4v) is 0.840. The van der Waals surface area contributed by atoms with Crippen LogP contribution in [0.25, 0.3) is 0 Å². The molecule has 0 aliphatic rings. The van der Waals surface area contributed by atoms with E-state index in [0.29, 0.717) is 0 Å². The van der Waals surface area contributed by atoms with Crippen molar-refractivity contribution in [1.82, 2.24) is 0 Å². The molecule has 2 heteroatoms. The first-order valence-corrected chi connectivity index (χ1v) is 3.74. The second-order valence-electron chi connectivity index (χ2n) is 2.26. The monoisotopic (exact) mass is 144 g/mol. The lowest BCUT2D eigenvalue weighted by molar-refractivity contribution is 0.280. The molecule has 0 aromatic carbocycles. The highest BCUT2D eigenvalue weighted by Crippen LogP contribution is 2.04. The summed E-state index contributed by atoms with van der Waals surface area (Å²) >= 11 is 0. The van der Waals surface area contributed by atoms with Crippen molar-refractivity contribution in [3.05, 3.63) is 11.6 Å². The third-order valence-corrected chi connectivity index (χ3v) is 1.35. The summed E-state index contributed by atoms with van der Waals surface area (Å²) in [6.45, 7) is 2.38. The van der Waals surface area contributed by atoms with Gasteiger partial charge in [0.15, 0.2) is 0 Å². The Balaban J connectivity index is 3.49.